The maximum atomic E-state index is 13.0. The van der Waals surface area contributed by atoms with Crippen molar-refractivity contribution in [3.05, 3.63) is 40.4 Å². The minimum absolute atomic E-state index is 0.235. The molecule has 1 unspecified atom stereocenters. The number of hydrogen-bond acceptors (Lipinski definition) is 2. The first-order chi connectivity index (χ1) is 7.50. The first-order valence-electron chi connectivity index (χ1n) is 4.64. The summed E-state index contributed by atoms with van der Waals surface area (Å²) in [5.74, 6) is -0.380. The van der Waals surface area contributed by atoms with Gasteiger partial charge in [0.1, 0.15) is 12.1 Å². The van der Waals surface area contributed by atoms with E-state index >= 15 is 0 Å². The fourth-order valence-electron chi connectivity index (χ4n) is 1.64. The minimum atomic E-state index is -1.09. The van der Waals surface area contributed by atoms with Crippen molar-refractivity contribution in [2.24, 2.45) is 7.05 Å². The van der Waals surface area contributed by atoms with Gasteiger partial charge in [0.25, 0.3) is 4.90 Å². The molecule has 0 aliphatic rings. The summed E-state index contributed by atoms with van der Waals surface area (Å²) in [5.41, 5.74) is 0.292. The first-order valence-corrected chi connectivity index (χ1v) is 6.23. The van der Waals surface area contributed by atoms with Crippen LogP contribution in [0.5, 0.6) is 0 Å². The molecule has 5 heteroatoms. The molecule has 0 aliphatic heterocycles. The van der Waals surface area contributed by atoms with E-state index in [1.807, 2.05) is 0 Å². The minimum Gasteiger partial charge on any atom is -0.346 e. The Balaban J connectivity index is 2.90. The smallest absolute Gasteiger partial charge is 0.253 e. The van der Waals surface area contributed by atoms with E-state index in [0.717, 1.165) is 0 Å². The fourth-order valence-corrected chi connectivity index (χ4v) is 2.32. The lowest BCUT2D eigenvalue weighted by molar-refractivity contribution is 0.628. The summed E-state index contributed by atoms with van der Waals surface area (Å²) in [6, 6.07) is 4.01. The number of benzene rings is 1. The maximum Gasteiger partial charge on any atom is 0.253 e. The predicted octanol–water partition coefficient (Wildman–Crippen LogP) is 1.76. The second kappa shape index (κ2) is 3.92. The third kappa shape index (κ3) is 1.72. The lowest BCUT2D eigenvalue weighted by Crippen LogP contribution is -2.17. The molecule has 2 rings (SSSR count). The van der Waals surface area contributed by atoms with Gasteiger partial charge in [0.2, 0.25) is 5.43 Å². The Labute approximate surface area is 94.7 Å². The van der Waals surface area contributed by atoms with Crippen LogP contribution in [0.25, 0.3) is 10.9 Å². The average molecular weight is 240 g/mol. The summed E-state index contributed by atoms with van der Waals surface area (Å²) in [4.78, 5) is 12.3. The van der Waals surface area contributed by atoms with Crippen molar-refractivity contribution in [1.29, 1.82) is 0 Å². The van der Waals surface area contributed by atoms with Crippen molar-refractivity contribution in [3.8, 4) is 0 Å². The molecule has 2 aromatic rings. The van der Waals surface area contributed by atoms with Gasteiger partial charge in [-0.05, 0) is 18.2 Å². The predicted molar refractivity (Wildman–Crippen MR) is 63.3 cm³/mol. The topological polar surface area (TPSA) is 42.2 Å². The molecule has 1 aromatic carbocycles. The SMILES string of the molecule is Cn1cc([S+](C)O)c(=O)c2ccc(F)cc21. The fraction of sp³-hybridized carbons (Fsp3) is 0.182. The van der Waals surface area contributed by atoms with Crippen molar-refractivity contribution >= 4 is 22.1 Å². The van der Waals surface area contributed by atoms with E-state index in [-0.39, 0.29) is 11.2 Å². The highest BCUT2D eigenvalue weighted by molar-refractivity contribution is 7.90. The van der Waals surface area contributed by atoms with Crippen molar-refractivity contribution in [1.82, 2.24) is 4.57 Å². The molecule has 16 heavy (non-hydrogen) atoms. The van der Waals surface area contributed by atoms with Crippen LogP contribution in [0.1, 0.15) is 0 Å². The van der Waals surface area contributed by atoms with E-state index in [0.29, 0.717) is 15.8 Å². The monoisotopic (exact) mass is 240 g/mol. The third-order valence-corrected chi connectivity index (χ3v) is 3.36. The van der Waals surface area contributed by atoms with Crippen LogP contribution >= 0.6 is 0 Å². The normalized spacial score (nSPS) is 13.0. The first kappa shape index (κ1) is 11.2. The summed E-state index contributed by atoms with van der Waals surface area (Å²) < 4.78 is 24.2. The maximum absolute atomic E-state index is 13.0. The molecule has 0 spiro atoms. The van der Waals surface area contributed by atoms with Crippen LogP contribution in [0.3, 0.4) is 0 Å². The third-order valence-electron chi connectivity index (χ3n) is 2.44. The molecule has 84 valence electrons. The highest BCUT2D eigenvalue weighted by Crippen LogP contribution is 2.14. The summed E-state index contributed by atoms with van der Waals surface area (Å²) in [5, 5.41) is 0.426. The number of rotatable bonds is 1. The Morgan fingerprint density at radius 1 is 1.44 bits per heavy atom. The molecule has 0 radical (unpaired) electrons. The molecule has 1 heterocycles. The van der Waals surface area contributed by atoms with E-state index in [1.165, 1.54) is 18.2 Å². The Morgan fingerprint density at radius 3 is 2.75 bits per heavy atom. The molecular weight excluding hydrogens is 229 g/mol. The molecule has 3 nitrogen and oxygen atoms in total. The molecule has 0 saturated carbocycles. The number of aromatic nitrogens is 1. The van der Waals surface area contributed by atoms with Gasteiger partial charge in [-0.15, -0.1) is 0 Å². The number of nitrogens with zero attached hydrogens (tertiary/aromatic N) is 1. The van der Waals surface area contributed by atoms with Gasteiger partial charge >= 0.3 is 0 Å². The zero-order chi connectivity index (χ0) is 11.9. The Morgan fingerprint density at radius 2 is 2.12 bits per heavy atom. The van der Waals surface area contributed by atoms with Crippen LogP contribution in [-0.2, 0) is 18.2 Å². The highest BCUT2D eigenvalue weighted by atomic mass is 32.2. The Kier molecular flexibility index (Phi) is 2.73. The van der Waals surface area contributed by atoms with Crippen LogP contribution in [0, 0.1) is 5.82 Å². The summed E-state index contributed by atoms with van der Waals surface area (Å²) >= 11 is -1.09. The highest BCUT2D eigenvalue weighted by Gasteiger charge is 2.20. The van der Waals surface area contributed by atoms with Gasteiger partial charge in [0.15, 0.2) is 11.2 Å². The van der Waals surface area contributed by atoms with Crippen molar-refractivity contribution in [2.45, 2.75) is 4.90 Å². The van der Waals surface area contributed by atoms with E-state index in [4.69, 9.17) is 0 Å². The number of fused-ring (bicyclic) bond motifs is 1. The molecular formula is C11H11FNO2S+. The zero-order valence-electron chi connectivity index (χ0n) is 8.90. The van der Waals surface area contributed by atoms with Crippen molar-refractivity contribution < 1.29 is 8.94 Å². The molecule has 0 saturated heterocycles. The molecule has 0 amide bonds. The van der Waals surface area contributed by atoms with E-state index in [1.54, 1.807) is 24.1 Å². The van der Waals surface area contributed by atoms with Gasteiger partial charge in [-0.1, -0.05) is 0 Å². The van der Waals surface area contributed by atoms with Crippen LogP contribution in [0.4, 0.5) is 4.39 Å². The van der Waals surface area contributed by atoms with Gasteiger partial charge in [0.05, 0.1) is 17.1 Å². The van der Waals surface area contributed by atoms with Gasteiger partial charge in [-0.2, -0.15) is 4.55 Å². The van der Waals surface area contributed by atoms with Gasteiger partial charge in [0, 0.05) is 7.05 Å². The molecule has 1 aromatic heterocycles. The molecule has 1 atom stereocenters. The van der Waals surface area contributed by atoms with Gasteiger partial charge in [-0.3, -0.25) is 4.79 Å². The molecule has 0 fully saturated rings. The van der Waals surface area contributed by atoms with Crippen molar-refractivity contribution in [3.63, 3.8) is 0 Å². The quantitative estimate of drug-likeness (QED) is 0.772. The van der Waals surface area contributed by atoms with Crippen LogP contribution in [0.15, 0.2) is 34.1 Å². The Bertz CT molecular complexity index is 607. The molecule has 1 N–H and O–H groups in total. The Hall–Kier alpha value is -1.33. The second-order valence-corrected chi connectivity index (χ2v) is 4.97. The largest absolute Gasteiger partial charge is 0.346 e. The van der Waals surface area contributed by atoms with Crippen molar-refractivity contribution in [2.75, 3.05) is 6.26 Å². The lowest BCUT2D eigenvalue weighted by Gasteiger charge is -2.05. The number of halogens is 1. The van der Waals surface area contributed by atoms with E-state index in [9.17, 15) is 13.7 Å². The standard InChI is InChI=1S/C11H11FNO2S/c1-13-6-10(16(2)15)11(14)8-4-3-7(12)5-9(8)13/h3-6,15H,1-2H3/q+1. The summed E-state index contributed by atoms with van der Waals surface area (Å²) in [6.07, 6.45) is 3.11. The van der Waals surface area contributed by atoms with Crippen LogP contribution in [-0.4, -0.2) is 15.4 Å². The average Bonchev–Trinajstić information content (AvgIpc) is 2.22. The van der Waals surface area contributed by atoms with Gasteiger partial charge in [-0.25, -0.2) is 4.39 Å². The second-order valence-electron chi connectivity index (χ2n) is 3.57. The van der Waals surface area contributed by atoms with Crippen LogP contribution in [0.2, 0.25) is 0 Å². The number of pyridine rings is 1. The summed E-state index contributed by atoms with van der Waals surface area (Å²) in [6.45, 7) is 0. The summed E-state index contributed by atoms with van der Waals surface area (Å²) in [7, 11) is 1.72. The molecule has 0 aliphatic carbocycles. The lowest BCUT2D eigenvalue weighted by atomic mass is 10.2. The molecule has 0 bridgehead atoms. The number of hydrogen-bond donors (Lipinski definition) is 1. The van der Waals surface area contributed by atoms with Gasteiger partial charge < -0.3 is 4.57 Å². The number of aryl methyl sites for hydroxylation is 1. The van der Waals surface area contributed by atoms with E-state index < -0.39 is 11.2 Å². The van der Waals surface area contributed by atoms with E-state index in [2.05, 4.69) is 0 Å². The zero-order valence-corrected chi connectivity index (χ0v) is 9.71. The van der Waals surface area contributed by atoms with Crippen LogP contribution < -0.4 is 5.43 Å².